The molecule has 5 rings (SSSR count). The van der Waals surface area contributed by atoms with Crippen LogP contribution in [0.25, 0.3) is 10.2 Å². The summed E-state index contributed by atoms with van der Waals surface area (Å²) in [5.74, 6) is 0.688. The van der Waals surface area contributed by atoms with Crippen LogP contribution < -0.4 is 4.90 Å². The topological polar surface area (TPSA) is 56.6 Å². The SMILES string of the molecule is OC[C@H]1C[C@@H](c2csc3c(N4CC5CCCC5C4)cc(Cl)nc23)[C@H](F)[C@@H]1O. The Morgan fingerprint density at radius 1 is 1.30 bits per heavy atom. The Balaban J connectivity index is 1.53. The molecule has 1 saturated heterocycles. The number of hydrogen-bond acceptors (Lipinski definition) is 5. The van der Waals surface area contributed by atoms with Gasteiger partial charge in [0, 0.05) is 37.6 Å². The maximum Gasteiger partial charge on any atom is 0.133 e. The summed E-state index contributed by atoms with van der Waals surface area (Å²) in [5.41, 5.74) is 2.70. The van der Waals surface area contributed by atoms with E-state index in [2.05, 4.69) is 9.88 Å². The molecule has 6 atom stereocenters. The van der Waals surface area contributed by atoms with Crippen LogP contribution in [0, 0.1) is 17.8 Å². The molecule has 2 aliphatic carbocycles. The fourth-order valence-corrected chi connectivity index (χ4v) is 6.79. The maximum atomic E-state index is 14.7. The first-order chi connectivity index (χ1) is 13.1. The van der Waals surface area contributed by atoms with E-state index in [1.165, 1.54) is 19.3 Å². The molecule has 27 heavy (non-hydrogen) atoms. The van der Waals surface area contributed by atoms with Gasteiger partial charge in [0.1, 0.15) is 11.3 Å². The van der Waals surface area contributed by atoms with E-state index in [-0.39, 0.29) is 6.61 Å². The Kier molecular flexibility index (Phi) is 4.58. The Labute approximate surface area is 167 Å². The molecule has 0 aromatic carbocycles. The number of hydrogen-bond donors (Lipinski definition) is 2. The third kappa shape index (κ3) is 2.87. The van der Waals surface area contributed by atoms with Crippen LogP contribution in [0.5, 0.6) is 0 Å². The summed E-state index contributed by atoms with van der Waals surface area (Å²) in [6, 6.07) is 1.94. The number of alkyl halides is 1. The smallest absolute Gasteiger partial charge is 0.133 e. The number of rotatable bonds is 3. The van der Waals surface area contributed by atoms with Gasteiger partial charge >= 0.3 is 0 Å². The lowest BCUT2D eigenvalue weighted by Gasteiger charge is -2.21. The van der Waals surface area contributed by atoms with Crippen molar-refractivity contribution in [1.29, 1.82) is 0 Å². The van der Waals surface area contributed by atoms with Gasteiger partial charge in [-0.25, -0.2) is 9.37 Å². The first-order valence-corrected chi connectivity index (χ1v) is 11.1. The summed E-state index contributed by atoms with van der Waals surface area (Å²) in [6.07, 6.45) is 1.90. The number of aromatic nitrogens is 1. The van der Waals surface area contributed by atoms with Crippen LogP contribution in [0.1, 0.15) is 37.2 Å². The number of fused-ring (bicyclic) bond motifs is 2. The van der Waals surface area contributed by atoms with E-state index >= 15 is 0 Å². The average molecular weight is 411 g/mol. The van der Waals surface area contributed by atoms with Gasteiger partial charge in [-0.2, -0.15) is 0 Å². The molecule has 1 aliphatic heterocycles. The number of pyridine rings is 1. The second-order valence-electron chi connectivity index (χ2n) is 8.41. The predicted octanol–water partition coefficient (Wildman–Crippen LogP) is 3.98. The van der Waals surface area contributed by atoms with Crippen LogP contribution in [0.15, 0.2) is 11.4 Å². The van der Waals surface area contributed by atoms with Crippen molar-refractivity contribution in [2.45, 2.75) is 43.9 Å². The third-order valence-corrected chi connectivity index (χ3v) is 8.15. The largest absolute Gasteiger partial charge is 0.396 e. The van der Waals surface area contributed by atoms with Gasteiger partial charge in [0.25, 0.3) is 0 Å². The Hall–Kier alpha value is -0.950. The molecule has 3 heterocycles. The minimum Gasteiger partial charge on any atom is -0.396 e. The summed E-state index contributed by atoms with van der Waals surface area (Å²) in [6.45, 7) is 1.93. The summed E-state index contributed by atoms with van der Waals surface area (Å²) >= 11 is 7.95. The van der Waals surface area contributed by atoms with Gasteiger partial charge < -0.3 is 15.1 Å². The van der Waals surface area contributed by atoms with E-state index in [4.69, 9.17) is 11.6 Å². The fraction of sp³-hybridized carbons (Fsp3) is 0.650. The Morgan fingerprint density at radius 2 is 2.04 bits per heavy atom. The van der Waals surface area contributed by atoms with E-state index in [0.717, 1.165) is 46.4 Å². The molecular weight excluding hydrogens is 387 g/mol. The van der Waals surface area contributed by atoms with E-state index in [1.807, 2.05) is 11.4 Å². The number of aliphatic hydroxyl groups is 2. The molecule has 7 heteroatoms. The van der Waals surface area contributed by atoms with Crippen molar-refractivity contribution >= 4 is 38.8 Å². The molecule has 3 aliphatic rings. The van der Waals surface area contributed by atoms with Crippen molar-refractivity contribution in [3.8, 4) is 0 Å². The molecule has 0 spiro atoms. The van der Waals surface area contributed by atoms with Gasteiger partial charge in [0.2, 0.25) is 0 Å². The van der Waals surface area contributed by atoms with Gasteiger partial charge in [-0.05, 0) is 42.0 Å². The van der Waals surface area contributed by atoms with Crippen LogP contribution in [0.3, 0.4) is 0 Å². The van der Waals surface area contributed by atoms with Gasteiger partial charge in [-0.1, -0.05) is 18.0 Å². The third-order valence-electron chi connectivity index (χ3n) is 6.95. The van der Waals surface area contributed by atoms with Crippen LogP contribution in [-0.2, 0) is 0 Å². The first-order valence-electron chi connectivity index (χ1n) is 9.82. The number of nitrogens with zero attached hydrogens (tertiary/aromatic N) is 2. The van der Waals surface area contributed by atoms with Gasteiger partial charge in [-0.15, -0.1) is 11.3 Å². The fourth-order valence-electron chi connectivity index (χ4n) is 5.48. The summed E-state index contributed by atoms with van der Waals surface area (Å²) in [4.78, 5) is 6.96. The number of aliphatic hydroxyl groups excluding tert-OH is 2. The number of halogens is 2. The molecule has 2 aromatic rings. The monoisotopic (exact) mass is 410 g/mol. The van der Waals surface area contributed by atoms with Gasteiger partial charge in [0.05, 0.1) is 22.0 Å². The zero-order valence-corrected chi connectivity index (χ0v) is 16.6. The summed E-state index contributed by atoms with van der Waals surface area (Å²) in [7, 11) is 0. The predicted molar refractivity (Wildman–Crippen MR) is 107 cm³/mol. The zero-order chi connectivity index (χ0) is 18.7. The lowest BCUT2D eigenvalue weighted by atomic mass is 9.97. The van der Waals surface area contributed by atoms with Crippen molar-refractivity contribution in [3.63, 3.8) is 0 Å². The van der Waals surface area contributed by atoms with Crippen molar-refractivity contribution in [2.75, 3.05) is 24.6 Å². The van der Waals surface area contributed by atoms with Gasteiger partial charge in [0.15, 0.2) is 0 Å². The molecule has 0 radical (unpaired) electrons. The summed E-state index contributed by atoms with van der Waals surface area (Å²) in [5, 5.41) is 21.9. The minimum atomic E-state index is -1.38. The second-order valence-corrected chi connectivity index (χ2v) is 9.68. The molecular formula is C20H24ClFN2O2S. The molecule has 2 saturated carbocycles. The lowest BCUT2D eigenvalue weighted by molar-refractivity contribution is 0.0434. The van der Waals surface area contributed by atoms with Crippen molar-refractivity contribution in [3.05, 3.63) is 22.2 Å². The summed E-state index contributed by atoms with van der Waals surface area (Å²) < 4.78 is 15.8. The average Bonchev–Trinajstić information content (AvgIpc) is 3.39. The van der Waals surface area contributed by atoms with E-state index in [0.29, 0.717) is 11.6 Å². The second kappa shape index (κ2) is 6.83. The van der Waals surface area contributed by atoms with Gasteiger partial charge in [-0.3, -0.25) is 0 Å². The van der Waals surface area contributed by atoms with E-state index in [9.17, 15) is 14.6 Å². The van der Waals surface area contributed by atoms with Crippen molar-refractivity contribution < 1.29 is 14.6 Å². The highest BCUT2D eigenvalue weighted by Crippen LogP contribution is 2.47. The van der Waals surface area contributed by atoms with E-state index < -0.39 is 24.1 Å². The van der Waals surface area contributed by atoms with E-state index in [1.54, 1.807) is 11.3 Å². The van der Waals surface area contributed by atoms with Crippen molar-refractivity contribution in [2.24, 2.45) is 17.8 Å². The highest BCUT2D eigenvalue weighted by molar-refractivity contribution is 7.18. The van der Waals surface area contributed by atoms with Crippen molar-refractivity contribution in [1.82, 2.24) is 4.98 Å². The van der Waals surface area contributed by atoms with Crippen LogP contribution in [-0.4, -0.2) is 47.2 Å². The standard InChI is InChI=1S/C20H24ClFN2O2S/c21-16-5-15(24-6-10-2-1-3-11(10)7-24)20-18(23-16)14(9-27-20)13-4-12(8-25)19(26)17(13)22/h5,9-13,17,19,25-26H,1-4,6-8H2/t10?,11?,12-,13+,17+,19-/m1/s1. The van der Waals surface area contributed by atoms with Crippen LogP contribution >= 0.6 is 22.9 Å². The minimum absolute atomic E-state index is 0.198. The van der Waals surface area contributed by atoms with Crippen LogP contribution in [0.4, 0.5) is 10.1 Å². The van der Waals surface area contributed by atoms with Crippen LogP contribution in [0.2, 0.25) is 5.15 Å². The lowest BCUT2D eigenvalue weighted by Crippen LogP contribution is -2.25. The normalized spacial score (nSPS) is 36.1. The molecule has 4 nitrogen and oxygen atoms in total. The molecule has 2 unspecified atom stereocenters. The zero-order valence-electron chi connectivity index (χ0n) is 15.0. The molecule has 0 bridgehead atoms. The number of thiophene rings is 1. The molecule has 2 N–H and O–H groups in total. The first kappa shape index (κ1) is 18.1. The Bertz CT molecular complexity index is 850. The molecule has 3 fully saturated rings. The molecule has 0 amide bonds. The Morgan fingerprint density at radius 3 is 2.70 bits per heavy atom. The number of anilines is 1. The molecule has 146 valence electrons. The quantitative estimate of drug-likeness (QED) is 0.751. The highest BCUT2D eigenvalue weighted by Gasteiger charge is 2.44. The highest BCUT2D eigenvalue weighted by atomic mass is 35.5. The molecule has 2 aromatic heterocycles. The maximum absolute atomic E-state index is 14.7.